The highest BCUT2D eigenvalue weighted by molar-refractivity contribution is 5.84. The summed E-state index contributed by atoms with van der Waals surface area (Å²) < 4.78 is 37.6. The van der Waals surface area contributed by atoms with Crippen LogP contribution in [-0.4, -0.2) is 16.2 Å². The lowest BCUT2D eigenvalue weighted by molar-refractivity contribution is -0.137. The molecule has 1 aromatic heterocycles. The average Bonchev–Trinajstić information content (AvgIpc) is 2.45. The molecule has 0 aliphatic carbocycles. The van der Waals surface area contributed by atoms with Crippen LogP contribution in [0.4, 0.5) is 23.7 Å². The Morgan fingerprint density at radius 1 is 1.18 bits per heavy atom. The lowest BCUT2D eigenvalue weighted by atomic mass is 10.0. The summed E-state index contributed by atoms with van der Waals surface area (Å²) in [5.41, 5.74) is 0.769. The molecule has 2 aromatic rings. The van der Waals surface area contributed by atoms with Crippen molar-refractivity contribution in [1.29, 1.82) is 0 Å². The molecule has 0 radical (unpaired) electrons. The number of carboxylic acid groups (broad SMARTS) is 1. The standard InChI is InChI=1S/C15H11F3N2O2/c1-9(10-2-4-11(5-3-10)15(16,17)18)13-8-12(6-7-19-13)20-14(21)22/h2-8H,1H2,(H,19,20)(H,21,22). The number of anilines is 1. The van der Waals surface area contributed by atoms with Gasteiger partial charge in [0.2, 0.25) is 0 Å². The molecule has 0 fully saturated rings. The van der Waals surface area contributed by atoms with Gasteiger partial charge in [-0.2, -0.15) is 13.2 Å². The maximum Gasteiger partial charge on any atom is 0.416 e. The van der Waals surface area contributed by atoms with E-state index in [1.807, 2.05) is 0 Å². The van der Waals surface area contributed by atoms with Crippen molar-refractivity contribution >= 4 is 17.4 Å². The highest BCUT2D eigenvalue weighted by Crippen LogP contribution is 2.30. The molecule has 1 amide bonds. The summed E-state index contributed by atoms with van der Waals surface area (Å²) in [5.74, 6) is 0. The topological polar surface area (TPSA) is 62.2 Å². The van der Waals surface area contributed by atoms with Crippen LogP contribution in [0.5, 0.6) is 0 Å². The van der Waals surface area contributed by atoms with Gasteiger partial charge in [0.25, 0.3) is 0 Å². The van der Waals surface area contributed by atoms with Gasteiger partial charge in [-0.3, -0.25) is 10.3 Å². The van der Waals surface area contributed by atoms with E-state index in [0.29, 0.717) is 22.5 Å². The Kier molecular flexibility index (Phi) is 4.16. The van der Waals surface area contributed by atoms with Gasteiger partial charge >= 0.3 is 12.3 Å². The maximum absolute atomic E-state index is 12.5. The molecule has 0 unspecified atom stereocenters. The summed E-state index contributed by atoms with van der Waals surface area (Å²) in [5, 5.41) is 10.8. The Bertz CT molecular complexity index is 709. The molecular weight excluding hydrogens is 297 g/mol. The molecule has 0 aliphatic rings. The predicted octanol–water partition coefficient (Wildman–Crippen LogP) is 4.25. The number of hydrogen-bond acceptors (Lipinski definition) is 2. The van der Waals surface area contributed by atoms with Crippen LogP contribution < -0.4 is 5.32 Å². The second-order valence-corrected chi connectivity index (χ2v) is 4.41. The molecule has 2 N–H and O–H groups in total. The van der Waals surface area contributed by atoms with Crippen molar-refractivity contribution in [2.24, 2.45) is 0 Å². The first kappa shape index (κ1) is 15.6. The summed E-state index contributed by atoms with van der Waals surface area (Å²) in [4.78, 5) is 14.6. The summed E-state index contributed by atoms with van der Waals surface area (Å²) in [6, 6.07) is 7.42. The first-order chi connectivity index (χ1) is 10.3. The zero-order chi connectivity index (χ0) is 16.3. The Balaban J connectivity index is 2.26. The summed E-state index contributed by atoms with van der Waals surface area (Å²) >= 11 is 0. The molecule has 0 saturated carbocycles. The molecule has 1 aromatic carbocycles. The van der Waals surface area contributed by atoms with E-state index in [9.17, 15) is 18.0 Å². The number of hydrogen-bond donors (Lipinski definition) is 2. The molecule has 2 rings (SSSR count). The quantitative estimate of drug-likeness (QED) is 0.891. The van der Waals surface area contributed by atoms with Crippen LogP contribution in [0, 0.1) is 0 Å². The lowest BCUT2D eigenvalue weighted by Crippen LogP contribution is -2.07. The molecule has 4 nitrogen and oxygen atoms in total. The highest BCUT2D eigenvalue weighted by Gasteiger charge is 2.30. The minimum atomic E-state index is -4.40. The third kappa shape index (κ3) is 3.63. The number of rotatable bonds is 3. The molecule has 114 valence electrons. The number of nitrogens with one attached hydrogen (secondary N) is 1. The minimum absolute atomic E-state index is 0.297. The lowest BCUT2D eigenvalue weighted by Gasteiger charge is -2.10. The molecule has 22 heavy (non-hydrogen) atoms. The van der Waals surface area contributed by atoms with Gasteiger partial charge in [0, 0.05) is 17.5 Å². The van der Waals surface area contributed by atoms with Crippen molar-refractivity contribution in [3.8, 4) is 0 Å². The van der Waals surface area contributed by atoms with Gasteiger partial charge in [0.15, 0.2) is 0 Å². The van der Waals surface area contributed by atoms with E-state index in [4.69, 9.17) is 5.11 Å². The third-order valence-electron chi connectivity index (χ3n) is 2.88. The van der Waals surface area contributed by atoms with Gasteiger partial charge in [-0.15, -0.1) is 0 Å². The van der Waals surface area contributed by atoms with Gasteiger partial charge in [-0.25, -0.2) is 4.79 Å². The van der Waals surface area contributed by atoms with Crippen molar-refractivity contribution < 1.29 is 23.1 Å². The minimum Gasteiger partial charge on any atom is -0.465 e. The smallest absolute Gasteiger partial charge is 0.416 e. The van der Waals surface area contributed by atoms with E-state index >= 15 is 0 Å². The second kappa shape index (κ2) is 5.88. The fraction of sp³-hybridized carbons (Fsp3) is 0.0667. The molecule has 0 saturated heterocycles. The summed E-state index contributed by atoms with van der Waals surface area (Å²) in [7, 11) is 0. The monoisotopic (exact) mass is 308 g/mol. The third-order valence-corrected chi connectivity index (χ3v) is 2.88. The van der Waals surface area contributed by atoms with E-state index in [1.165, 1.54) is 30.5 Å². The van der Waals surface area contributed by atoms with Crippen molar-refractivity contribution in [1.82, 2.24) is 4.98 Å². The van der Waals surface area contributed by atoms with E-state index in [-0.39, 0.29) is 0 Å². The molecule has 0 spiro atoms. The molecule has 0 atom stereocenters. The zero-order valence-corrected chi connectivity index (χ0v) is 11.2. The maximum atomic E-state index is 12.5. The Hall–Kier alpha value is -2.83. The van der Waals surface area contributed by atoms with Crippen LogP contribution in [0.15, 0.2) is 49.2 Å². The van der Waals surface area contributed by atoms with Crippen molar-refractivity contribution in [3.63, 3.8) is 0 Å². The first-order valence-electron chi connectivity index (χ1n) is 6.10. The Morgan fingerprint density at radius 2 is 1.82 bits per heavy atom. The fourth-order valence-corrected chi connectivity index (χ4v) is 1.81. The largest absolute Gasteiger partial charge is 0.465 e. The van der Waals surface area contributed by atoms with Gasteiger partial charge < -0.3 is 5.11 Å². The van der Waals surface area contributed by atoms with Crippen LogP contribution in [0.3, 0.4) is 0 Å². The van der Waals surface area contributed by atoms with Crippen molar-refractivity contribution in [2.45, 2.75) is 6.18 Å². The van der Waals surface area contributed by atoms with E-state index in [0.717, 1.165) is 12.1 Å². The van der Waals surface area contributed by atoms with Crippen LogP contribution in [0.2, 0.25) is 0 Å². The Labute approximate surface area is 123 Å². The van der Waals surface area contributed by atoms with E-state index in [2.05, 4.69) is 16.9 Å². The van der Waals surface area contributed by atoms with Crippen LogP contribution in [0.25, 0.3) is 5.57 Å². The first-order valence-corrected chi connectivity index (χ1v) is 6.10. The molecule has 0 bridgehead atoms. The van der Waals surface area contributed by atoms with E-state index in [1.54, 1.807) is 0 Å². The molecular formula is C15H11F3N2O2. The number of nitrogens with zero attached hydrogens (tertiary/aromatic N) is 1. The van der Waals surface area contributed by atoms with Crippen molar-refractivity contribution in [3.05, 3.63) is 66.0 Å². The Morgan fingerprint density at radius 3 is 2.36 bits per heavy atom. The SMILES string of the molecule is C=C(c1ccc(C(F)(F)F)cc1)c1cc(NC(=O)O)ccn1. The predicted molar refractivity (Wildman–Crippen MR) is 75.5 cm³/mol. The zero-order valence-electron chi connectivity index (χ0n) is 11.2. The molecule has 7 heteroatoms. The van der Waals surface area contributed by atoms with Gasteiger partial charge in [0.1, 0.15) is 0 Å². The highest BCUT2D eigenvalue weighted by atomic mass is 19.4. The number of halogens is 3. The summed E-state index contributed by atoms with van der Waals surface area (Å²) in [6.45, 7) is 3.79. The normalized spacial score (nSPS) is 11.0. The van der Waals surface area contributed by atoms with Gasteiger partial charge in [-0.05, 0) is 29.8 Å². The molecule has 0 aliphatic heterocycles. The summed E-state index contributed by atoms with van der Waals surface area (Å²) in [6.07, 6.45) is -4.24. The number of alkyl halides is 3. The average molecular weight is 308 g/mol. The number of amides is 1. The van der Waals surface area contributed by atoms with Crippen molar-refractivity contribution in [2.75, 3.05) is 5.32 Å². The van der Waals surface area contributed by atoms with Crippen LogP contribution in [-0.2, 0) is 6.18 Å². The number of aromatic nitrogens is 1. The number of carbonyl (C=O) groups is 1. The van der Waals surface area contributed by atoms with E-state index < -0.39 is 17.8 Å². The van der Waals surface area contributed by atoms with Gasteiger partial charge in [-0.1, -0.05) is 18.7 Å². The van der Waals surface area contributed by atoms with Crippen LogP contribution >= 0.6 is 0 Å². The fourth-order valence-electron chi connectivity index (χ4n) is 1.81. The second-order valence-electron chi connectivity index (χ2n) is 4.41. The number of pyridine rings is 1. The van der Waals surface area contributed by atoms with Gasteiger partial charge in [0.05, 0.1) is 11.3 Å². The van der Waals surface area contributed by atoms with Crippen LogP contribution in [0.1, 0.15) is 16.8 Å². The number of benzene rings is 1. The molecule has 1 heterocycles.